The van der Waals surface area contributed by atoms with Crippen LogP contribution >= 0.6 is 46.1 Å². The van der Waals surface area contributed by atoms with Crippen molar-refractivity contribution in [3.8, 4) is 17.0 Å². The lowest BCUT2D eigenvalue weighted by molar-refractivity contribution is -0.118. The van der Waals surface area contributed by atoms with Crippen molar-refractivity contribution in [2.75, 3.05) is 11.9 Å². The van der Waals surface area contributed by atoms with Gasteiger partial charge in [-0.25, -0.2) is 4.98 Å². The van der Waals surface area contributed by atoms with Crippen molar-refractivity contribution in [3.63, 3.8) is 0 Å². The Morgan fingerprint density at radius 2 is 1.96 bits per heavy atom. The fourth-order valence-corrected chi connectivity index (χ4v) is 3.87. The van der Waals surface area contributed by atoms with Crippen LogP contribution in [0.3, 0.4) is 0 Å². The van der Waals surface area contributed by atoms with Crippen molar-refractivity contribution in [3.05, 3.63) is 69.2 Å². The molecule has 2 aromatic heterocycles. The Kier molecular flexibility index (Phi) is 5.46. The molecule has 9 heteroatoms. The molecule has 2 heterocycles. The minimum Gasteiger partial charge on any atom is -0.482 e. The van der Waals surface area contributed by atoms with Gasteiger partial charge < -0.3 is 10.1 Å². The monoisotopic (exact) mass is 451 g/mol. The van der Waals surface area contributed by atoms with E-state index in [1.54, 1.807) is 17.4 Å². The second-order valence-electron chi connectivity index (χ2n) is 5.83. The number of hydrogen-bond acceptors (Lipinski definition) is 4. The lowest BCUT2D eigenvalue weighted by Crippen LogP contribution is -2.20. The van der Waals surface area contributed by atoms with Crippen LogP contribution in [-0.4, -0.2) is 21.9 Å². The number of thiazole rings is 1. The van der Waals surface area contributed by atoms with E-state index in [1.807, 2.05) is 40.4 Å². The first-order chi connectivity index (χ1) is 13.5. The maximum atomic E-state index is 12.2. The number of carbonyl (C=O) groups is 1. The number of aromatic nitrogens is 2. The Morgan fingerprint density at radius 1 is 1.14 bits per heavy atom. The Balaban J connectivity index is 1.43. The van der Waals surface area contributed by atoms with Crippen molar-refractivity contribution >= 4 is 62.7 Å². The summed E-state index contributed by atoms with van der Waals surface area (Å²) in [4.78, 5) is 17.7. The average molecular weight is 453 g/mol. The number of fused-ring (bicyclic) bond motifs is 1. The van der Waals surface area contributed by atoms with E-state index in [0.717, 1.165) is 16.2 Å². The van der Waals surface area contributed by atoms with Gasteiger partial charge in [0.2, 0.25) is 0 Å². The molecule has 0 fully saturated rings. The number of halogens is 3. The Morgan fingerprint density at radius 3 is 2.79 bits per heavy atom. The highest BCUT2D eigenvalue weighted by Crippen LogP contribution is 2.33. The van der Waals surface area contributed by atoms with Crippen molar-refractivity contribution in [2.24, 2.45) is 0 Å². The molecule has 4 rings (SSSR count). The summed E-state index contributed by atoms with van der Waals surface area (Å²) < 4.78 is 7.41. The zero-order valence-electron chi connectivity index (χ0n) is 14.2. The number of anilines is 1. The van der Waals surface area contributed by atoms with Gasteiger partial charge in [0.25, 0.3) is 5.91 Å². The van der Waals surface area contributed by atoms with E-state index in [-0.39, 0.29) is 23.3 Å². The first-order valence-corrected chi connectivity index (χ1v) is 10.1. The zero-order valence-corrected chi connectivity index (χ0v) is 17.2. The van der Waals surface area contributed by atoms with Crippen LogP contribution in [0.15, 0.2) is 54.2 Å². The van der Waals surface area contributed by atoms with E-state index in [2.05, 4.69) is 10.3 Å². The second kappa shape index (κ2) is 8.01. The SMILES string of the molecule is O=C(COc1cc(Cl)c(Cl)cc1Cl)Nc1cccc(-c2cn3ccsc3n2)c1. The number of rotatable bonds is 5. The lowest BCUT2D eigenvalue weighted by atomic mass is 10.1. The predicted molar refractivity (Wildman–Crippen MR) is 114 cm³/mol. The molecule has 1 amide bonds. The smallest absolute Gasteiger partial charge is 0.262 e. The third-order valence-corrected chi connectivity index (χ3v) is 5.66. The highest BCUT2D eigenvalue weighted by Gasteiger charge is 2.11. The summed E-state index contributed by atoms with van der Waals surface area (Å²) in [5.74, 6) is -0.0387. The van der Waals surface area contributed by atoms with Gasteiger partial charge in [0.15, 0.2) is 11.6 Å². The summed E-state index contributed by atoms with van der Waals surface area (Å²) in [6.45, 7) is -0.220. The molecule has 142 valence electrons. The molecule has 0 aliphatic carbocycles. The molecule has 4 aromatic rings. The molecule has 0 aliphatic rings. The van der Waals surface area contributed by atoms with Crippen LogP contribution in [0.25, 0.3) is 16.2 Å². The van der Waals surface area contributed by atoms with Crippen molar-refractivity contribution in [2.45, 2.75) is 0 Å². The van der Waals surface area contributed by atoms with Crippen molar-refractivity contribution in [1.82, 2.24) is 9.38 Å². The number of benzene rings is 2. The van der Waals surface area contributed by atoms with Crippen molar-refractivity contribution < 1.29 is 9.53 Å². The van der Waals surface area contributed by atoms with E-state index in [1.165, 1.54) is 12.1 Å². The standard InChI is InChI=1S/C19H12Cl3N3O2S/c20-13-7-15(22)17(8-14(13)21)27-10-18(26)23-12-3-1-2-11(6-12)16-9-25-4-5-28-19(25)24-16/h1-9H,10H2,(H,23,26). The number of imidazole rings is 1. The minimum absolute atomic E-state index is 0.220. The van der Waals surface area contributed by atoms with Crippen LogP contribution in [0.1, 0.15) is 0 Å². The molecule has 1 N–H and O–H groups in total. The van der Waals surface area contributed by atoms with E-state index in [0.29, 0.717) is 15.7 Å². The third kappa shape index (κ3) is 4.10. The van der Waals surface area contributed by atoms with E-state index in [4.69, 9.17) is 39.5 Å². The third-order valence-electron chi connectivity index (χ3n) is 3.87. The van der Waals surface area contributed by atoms with Gasteiger partial charge in [-0.1, -0.05) is 46.9 Å². The summed E-state index contributed by atoms with van der Waals surface area (Å²) in [5.41, 5.74) is 2.38. The molecule has 0 saturated carbocycles. The largest absolute Gasteiger partial charge is 0.482 e. The molecule has 0 bridgehead atoms. The topological polar surface area (TPSA) is 55.6 Å². The molecular weight excluding hydrogens is 441 g/mol. The number of ether oxygens (including phenoxy) is 1. The van der Waals surface area contributed by atoms with Gasteiger partial charge in [-0.05, 0) is 18.2 Å². The summed E-state index contributed by atoms with van der Waals surface area (Å²) >= 11 is 19.4. The normalized spacial score (nSPS) is 11.0. The van der Waals surface area contributed by atoms with Crippen LogP contribution in [0, 0.1) is 0 Å². The van der Waals surface area contributed by atoms with Gasteiger partial charge in [-0.3, -0.25) is 9.20 Å². The van der Waals surface area contributed by atoms with Crippen LogP contribution in [0.4, 0.5) is 5.69 Å². The van der Waals surface area contributed by atoms with Crippen LogP contribution in [-0.2, 0) is 4.79 Å². The van der Waals surface area contributed by atoms with Crippen LogP contribution < -0.4 is 10.1 Å². The van der Waals surface area contributed by atoms with E-state index >= 15 is 0 Å². The molecular formula is C19H12Cl3N3O2S. The highest BCUT2D eigenvalue weighted by atomic mass is 35.5. The average Bonchev–Trinajstić information content (AvgIpc) is 3.26. The maximum absolute atomic E-state index is 12.2. The molecule has 28 heavy (non-hydrogen) atoms. The second-order valence-corrected chi connectivity index (χ2v) is 7.93. The Bertz CT molecular complexity index is 1140. The number of hydrogen-bond donors (Lipinski definition) is 1. The number of nitrogens with one attached hydrogen (secondary N) is 1. The minimum atomic E-state index is -0.329. The predicted octanol–water partition coefficient (Wildman–Crippen LogP) is 6.04. The molecule has 0 aliphatic heterocycles. The van der Waals surface area contributed by atoms with Gasteiger partial charge in [0.05, 0.1) is 20.8 Å². The van der Waals surface area contributed by atoms with Gasteiger partial charge in [-0.15, -0.1) is 11.3 Å². The summed E-state index contributed by atoms with van der Waals surface area (Å²) in [5, 5.41) is 5.67. The highest BCUT2D eigenvalue weighted by molar-refractivity contribution is 7.15. The fourth-order valence-electron chi connectivity index (χ4n) is 2.58. The van der Waals surface area contributed by atoms with Crippen LogP contribution in [0.2, 0.25) is 15.1 Å². The maximum Gasteiger partial charge on any atom is 0.262 e. The first kappa shape index (κ1) is 19.1. The molecule has 0 spiro atoms. The summed E-state index contributed by atoms with van der Waals surface area (Å²) in [7, 11) is 0. The van der Waals surface area contributed by atoms with Crippen molar-refractivity contribution in [1.29, 1.82) is 0 Å². The summed E-state index contributed by atoms with van der Waals surface area (Å²) in [6.07, 6.45) is 3.90. The number of carbonyl (C=O) groups excluding carboxylic acids is 1. The van der Waals surface area contributed by atoms with E-state index < -0.39 is 0 Å². The molecule has 0 unspecified atom stereocenters. The van der Waals surface area contributed by atoms with Crippen LogP contribution in [0.5, 0.6) is 5.75 Å². The molecule has 2 aromatic carbocycles. The number of amides is 1. The quantitative estimate of drug-likeness (QED) is 0.376. The lowest BCUT2D eigenvalue weighted by Gasteiger charge is -2.10. The Hall–Kier alpha value is -2.25. The molecule has 5 nitrogen and oxygen atoms in total. The van der Waals surface area contributed by atoms with Gasteiger partial charge in [0, 0.05) is 35.1 Å². The van der Waals surface area contributed by atoms with E-state index in [9.17, 15) is 4.79 Å². The van der Waals surface area contributed by atoms with Gasteiger partial charge >= 0.3 is 0 Å². The fraction of sp³-hybridized carbons (Fsp3) is 0.0526. The molecule has 0 atom stereocenters. The Labute approximate surface area is 179 Å². The molecule has 0 saturated heterocycles. The molecule has 0 radical (unpaired) electrons. The number of nitrogens with zero attached hydrogens (tertiary/aromatic N) is 2. The van der Waals surface area contributed by atoms with Gasteiger partial charge in [0.1, 0.15) is 5.75 Å². The first-order valence-electron chi connectivity index (χ1n) is 8.09. The van der Waals surface area contributed by atoms with Gasteiger partial charge in [-0.2, -0.15) is 0 Å². The zero-order chi connectivity index (χ0) is 19.7. The summed E-state index contributed by atoms with van der Waals surface area (Å²) in [6, 6.07) is 10.4.